The fourth-order valence-electron chi connectivity index (χ4n) is 3.51. The number of nitrogens with zero attached hydrogens (tertiary/aromatic N) is 1. The summed E-state index contributed by atoms with van der Waals surface area (Å²) in [7, 11) is 0. The normalized spacial score (nSPS) is 37.4. The molecule has 118 valence electrons. The van der Waals surface area contributed by atoms with Crippen molar-refractivity contribution in [1.82, 2.24) is 4.90 Å². The second kappa shape index (κ2) is 5.84. The van der Waals surface area contributed by atoms with Crippen molar-refractivity contribution in [2.75, 3.05) is 19.8 Å². The lowest BCUT2D eigenvalue weighted by molar-refractivity contribution is -0.221. The Balaban J connectivity index is 2.01. The summed E-state index contributed by atoms with van der Waals surface area (Å²) in [5.41, 5.74) is 0.288. The molecule has 20 heavy (non-hydrogen) atoms. The Hall–Kier alpha value is -0.290. The first-order valence-corrected chi connectivity index (χ1v) is 7.64. The summed E-state index contributed by atoms with van der Waals surface area (Å²) in [5, 5.41) is 0. The first kappa shape index (κ1) is 16.1. The predicted octanol–water partition coefficient (Wildman–Crippen LogP) is 3.85. The van der Waals surface area contributed by atoms with Crippen LogP contribution in [-0.2, 0) is 4.74 Å². The van der Waals surface area contributed by atoms with Crippen molar-refractivity contribution in [1.29, 1.82) is 0 Å². The molecular formula is C15H26F3NO. The highest BCUT2D eigenvalue weighted by molar-refractivity contribution is 4.92. The van der Waals surface area contributed by atoms with E-state index in [4.69, 9.17) is 4.74 Å². The van der Waals surface area contributed by atoms with Crippen molar-refractivity contribution in [3.8, 4) is 0 Å². The summed E-state index contributed by atoms with van der Waals surface area (Å²) >= 11 is 0. The fraction of sp³-hybridized carbons (Fsp3) is 1.00. The molecule has 1 aliphatic heterocycles. The van der Waals surface area contributed by atoms with Crippen molar-refractivity contribution in [3.05, 3.63) is 0 Å². The molecule has 1 saturated carbocycles. The minimum absolute atomic E-state index is 0.0670. The first-order chi connectivity index (χ1) is 9.24. The van der Waals surface area contributed by atoms with Gasteiger partial charge in [-0.25, -0.2) is 0 Å². The topological polar surface area (TPSA) is 12.5 Å². The van der Waals surface area contributed by atoms with Crippen LogP contribution in [0.15, 0.2) is 0 Å². The highest BCUT2D eigenvalue weighted by Gasteiger charge is 2.48. The van der Waals surface area contributed by atoms with Gasteiger partial charge in [-0.3, -0.25) is 4.90 Å². The van der Waals surface area contributed by atoms with Crippen LogP contribution in [0.5, 0.6) is 0 Å². The van der Waals surface area contributed by atoms with E-state index in [1.165, 1.54) is 0 Å². The summed E-state index contributed by atoms with van der Waals surface area (Å²) in [6, 6.07) is -1.35. The largest absolute Gasteiger partial charge is 0.406 e. The lowest BCUT2D eigenvalue weighted by atomic mass is 9.67. The third kappa shape index (κ3) is 3.30. The van der Waals surface area contributed by atoms with E-state index in [-0.39, 0.29) is 18.1 Å². The molecule has 0 amide bonds. The Kier molecular flexibility index (Phi) is 4.69. The first-order valence-electron chi connectivity index (χ1n) is 7.64. The van der Waals surface area contributed by atoms with E-state index in [2.05, 4.69) is 20.8 Å². The van der Waals surface area contributed by atoms with Gasteiger partial charge >= 0.3 is 6.18 Å². The van der Waals surface area contributed by atoms with Gasteiger partial charge < -0.3 is 4.74 Å². The highest BCUT2D eigenvalue weighted by Crippen LogP contribution is 2.44. The van der Waals surface area contributed by atoms with Crippen LogP contribution in [0, 0.1) is 11.3 Å². The van der Waals surface area contributed by atoms with Gasteiger partial charge in [0.1, 0.15) is 6.04 Å². The average molecular weight is 293 g/mol. The molecule has 2 nitrogen and oxygen atoms in total. The number of ether oxygens (including phenoxy) is 1. The molecule has 5 heteroatoms. The summed E-state index contributed by atoms with van der Waals surface area (Å²) < 4.78 is 44.4. The summed E-state index contributed by atoms with van der Waals surface area (Å²) in [6.07, 6.45) is -0.379. The van der Waals surface area contributed by atoms with Gasteiger partial charge in [0.25, 0.3) is 0 Å². The van der Waals surface area contributed by atoms with Gasteiger partial charge in [0, 0.05) is 12.6 Å². The standard InChI is InChI=1S/C15H26F3NO/c1-11(2)14(3)6-4-12(5-7-14)19-8-9-20-10-13(19)15(16,17)18/h11-13H,4-10H2,1-3H3. The van der Waals surface area contributed by atoms with Crippen LogP contribution in [0.4, 0.5) is 13.2 Å². The lowest BCUT2D eigenvalue weighted by Gasteiger charge is -2.47. The molecule has 2 aliphatic rings. The van der Waals surface area contributed by atoms with Gasteiger partial charge in [-0.15, -0.1) is 0 Å². The molecule has 0 aromatic carbocycles. The maximum absolute atomic E-state index is 13.1. The molecule has 0 radical (unpaired) electrons. The van der Waals surface area contributed by atoms with Crippen LogP contribution in [0.3, 0.4) is 0 Å². The minimum atomic E-state index is -4.18. The molecule has 0 bridgehead atoms. The van der Waals surface area contributed by atoms with E-state index in [9.17, 15) is 13.2 Å². The van der Waals surface area contributed by atoms with E-state index >= 15 is 0 Å². The number of hydrogen-bond donors (Lipinski definition) is 0. The maximum Gasteiger partial charge on any atom is 0.406 e. The predicted molar refractivity (Wildman–Crippen MR) is 72.6 cm³/mol. The summed E-state index contributed by atoms with van der Waals surface area (Å²) in [4.78, 5) is 1.66. The zero-order chi connectivity index (χ0) is 15.0. The monoisotopic (exact) mass is 293 g/mol. The zero-order valence-electron chi connectivity index (χ0n) is 12.7. The van der Waals surface area contributed by atoms with Crippen molar-refractivity contribution in [3.63, 3.8) is 0 Å². The number of morpholine rings is 1. The maximum atomic E-state index is 13.1. The quantitative estimate of drug-likeness (QED) is 0.766. The van der Waals surface area contributed by atoms with Gasteiger partial charge in [0.15, 0.2) is 0 Å². The Bertz CT molecular complexity index is 322. The molecule has 0 N–H and O–H groups in total. The minimum Gasteiger partial charge on any atom is -0.378 e. The number of rotatable bonds is 2. The molecule has 2 fully saturated rings. The molecule has 0 aromatic heterocycles. The Morgan fingerprint density at radius 3 is 2.30 bits per heavy atom. The van der Waals surface area contributed by atoms with Crippen LogP contribution in [0.25, 0.3) is 0 Å². The molecule has 1 aliphatic carbocycles. The molecule has 2 rings (SSSR count). The van der Waals surface area contributed by atoms with Crippen molar-refractivity contribution >= 4 is 0 Å². The molecule has 1 heterocycles. The van der Waals surface area contributed by atoms with E-state index in [0.717, 1.165) is 25.7 Å². The molecule has 1 atom stereocenters. The summed E-state index contributed by atoms with van der Waals surface area (Å²) in [5.74, 6) is 0.589. The van der Waals surface area contributed by atoms with Crippen LogP contribution in [-0.4, -0.2) is 42.9 Å². The molecule has 0 aromatic rings. The Labute approximate surface area is 119 Å². The van der Waals surface area contributed by atoms with Crippen LogP contribution in [0.1, 0.15) is 46.5 Å². The van der Waals surface area contributed by atoms with E-state index in [1.807, 2.05) is 0 Å². The Morgan fingerprint density at radius 2 is 1.80 bits per heavy atom. The third-order valence-electron chi connectivity index (χ3n) is 5.51. The zero-order valence-corrected chi connectivity index (χ0v) is 12.7. The summed E-state index contributed by atoms with van der Waals surface area (Å²) in [6.45, 7) is 7.33. The third-order valence-corrected chi connectivity index (χ3v) is 5.51. The SMILES string of the molecule is CC(C)C1(C)CCC(N2CCOCC2C(F)(F)F)CC1. The fourth-order valence-corrected chi connectivity index (χ4v) is 3.51. The second-order valence-corrected chi connectivity index (χ2v) is 6.91. The van der Waals surface area contributed by atoms with Crippen LogP contribution in [0.2, 0.25) is 0 Å². The lowest BCUT2D eigenvalue weighted by Crippen LogP contribution is -2.58. The smallest absolute Gasteiger partial charge is 0.378 e. The van der Waals surface area contributed by atoms with Gasteiger partial charge in [-0.2, -0.15) is 13.2 Å². The van der Waals surface area contributed by atoms with Gasteiger partial charge in [0.2, 0.25) is 0 Å². The van der Waals surface area contributed by atoms with Crippen molar-refractivity contribution in [2.24, 2.45) is 11.3 Å². The average Bonchev–Trinajstić information content (AvgIpc) is 2.38. The van der Waals surface area contributed by atoms with Gasteiger partial charge in [0.05, 0.1) is 13.2 Å². The van der Waals surface area contributed by atoms with Gasteiger partial charge in [-0.1, -0.05) is 20.8 Å². The second-order valence-electron chi connectivity index (χ2n) is 6.91. The number of hydrogen-bond acceptors (Lipinski definition) is 2. The number of halogens is 3. The van der Waals surface area contributed by atoms with E-state index < -0.39 is 12.2 Å². The molecule has 1 unspecified atom stereocenters. The van der Waals surface area contributed by atoms with Crippen molar-refractivity contribution in [2.45, 2.75) is 64.7 Å². The van der Waals surface area contributed by atoms with E-state index in [1.54, 1.807) is 4.90 Å². The Morgan fingerprint density at radius 1 is 1.20 bits per heavy atom. The van der Waals surface area contributed by atoms with Crippen molar-refractivity contribution < 1.29 is 17.9 Å². The number of alkyl halides is 3. The highest BCUT2D eigenvalue weighted by atomic mass is 19.4. The van der Waals surface area contributed by atoms with Crippen LogP contribution >= 0.6 is 0 Å². The van der Waals surface area contributed by atoms with E-state index in [0.29, 0.717) is 19.1 Å². The molecular weight excluding hydrogens is 267 g/mol. The van der Waals surface area contributed by atoms with Crippen LogP contribution < -0.4 is 0 Å². The molecule has 0 spiro atoms. The van der Waals surface area contributed by atoms with Gasteiger partial charge in [-0.05, 0) is 37.0 Å². The molecule has 1 saturated heterocycles.